The number of aliphatic hydroxyl groups is 3. The Morgan fingerprint density at radius 1 is 1.03 bits per heavy atom. The van der Waals surface area contributed by atoms with Gasteiger partial charge in [0.25, 0.3) is 5.91 Å². The third-order valence-electron chi connectivity index (χ3n) is 4.96. The number of amides is 3. The highest BCUT2D eigenvalue weighted by Crippen LogP contribution is 2.37. The Morgan fingerprint density at radius 2 is 1.77 bits per heavy atom. The molecule has 15 nitrogen and oxygen atoms in total. The molecule has 39 heavy (non-hydrogen) atoms. The smallest absolute Gasteiger partial charge is 0.369 e. The van der Waals surface area contributed by atoms with E-state index in [-0.39, 0.29) is 17.3 Å². The maximum atomic E-state index is 13.1. The zero-order valence-electron chi connectivity index (χ0n) is 20.4. The van der Waals surface area contributed by atoms with Gasteiger partial charge in [-0.15, -0.1) is 10.2 Å². The second-order valence-corrected chi connectivity index (χ2v) is 7.92. The van der Waals surface area contributed by atoms with Crippen LogP contribution >= 0.6 is 0 Å². The molecule has 2 heterocycles. The maximum Gasteiger partial charge on any atom is 0.369 e. The number of para-hydroxylation sites is 1. The molecule has 0 saturated carbocycles. The number of methoxy groups -OCH3 is 1. The number of hydrogen-bond donors (Lipinski definition) is 7. The maximum absolute atomic E-state index is 13.1. The minimum Gasteiger partial charge on any atom is -0.494 e. The number of nitrogens with one attached hydrogen (secondary N) is 4. The van der Waals surface area contributed by atoms with Gasteiger partial charge in [0.15, 0.2) is 23.1 Å². The number of carbonyl (C=O) groups excluding carboxylic acids is 2. The lowest BCUT2D eigenvalue weighted by Crippen LogP contribution is -2.48. The molecule has 0 atom stereocenters. The highest BCUT2D eigenvalue weighted by atomic mass is 19.1. The summed E-state index contributed by atoms with van der Waals surface area (Å²) in [4.78, 5) is 29.2. The summed E-state index contributed by atoms with van der Waals surface area (Å²) in [5, 5.41) is 48.7. The summed E-state index contributed by atoms with van der Waals surface area (Å²) in [7, 11) is 3.11. The molecule has 0 spiro atoms. The van der Waals surface area contributed by atoms with Crippen molar-refractivity contribution in [2.24, 2.45) is 7.05 Å². The van der Waals surface area contributed by atoms with Crippen molar-refractivity contribution in [3.8, 4) is 17.1 Å². The molecule has 3 amide bonds. The molecule has 16 heteroatoms. The molecule has 4 aromatic rings. The standard InChI is InChI=1S/C23H22FN9O6/c1-33-11-25-20(32-33)14-4-3-5-15(19(14)39-2)27-16-10-17(30-31-18(16)21(34)29-23(36,37)38)28-22(35)26-13-8-6-12(24)7-9-13/h3-11,36-38H,1-2H3,(H,29,34)(H3,26,27,28,30,35). The Labute approximate surface area is 219 Å². The first-order valence-corrected chi connectivity index (χ1v) is 11.0. The molecule has 202 valence electrons. The van der Waals surface area contributed by atoms with Crippen LogP contribution in [0.25, 0.3) is 11.4 Å². The average molecular weight is 539 g/mol. The van der Waals surface area contributed by atoms with E-state index in [4.69, 9.17) is 4.74 Å². The van der Waals surface area contributed by atoms with Gasteiger partial charge in [-0.1, -0.05) is 6.07 Å². The lowest BCUT2D eigenvalue weighted by atomic mass is 10.1. The number of aryl methyl sites for hydroxylation is 1. The predicted molar refractivity (Wildman–Crippen MR) is 134 cm³/mol. The SMILES string of the molecule is COc1c(Nc2cc(NC(=O)Nc3ccc(F)cc3)nnc2C(=O)NC(O)(O)O)cccc1-c1ncn(C)n1. The quantitative estimate of drug-likeness (QED) is 0.158. The number of ether oxygens (including phenoxy) is 1. The van der Waals surface area contributed by atoms with Gasteiger partial charge in [-0.05, 0) is 36.4 Å². The average Bonchev–Trinajstić information content (AvgIpc) is 3.30. The minimum absolute atomic E-state index is 0.0757. The number of nitrogens with zero attached hydrogens (tertiary/aromatic N) is 5. The first-order valence-electron chi connectivity index (χ1n) is 11.0. The highest BCUT2D eigenvalue weighted by molar-refractivity contribution is 6.01. The topological polar surface area (TPSA) is 209 Å². The van der Waals surface area contributed by atoms with Crippen molar-refractivity contribution in [1.82, 2.24) is 30.3 Å². The number of aromatic nitrogens is 5. The van der Waals surface area contributed by atoms with E-state index in [0.29, 0.717) is 22.8 Å². The highest BCUT2D eigenvalue weighted by Gasteiger charge is 2.26. The summed E-state index contributed by atoms with van der Waals surface area (Å²) in [6, 6.07) is 10.5. The fraction of sp³-hybridized carbons (Fsp3) is 0.130. The van der Waals surface area contributed by atoms with Crippen LogP contribution in [0.2, 0.25) is 0 Å². The predicted octanol–water partition coefficient (Wildman–Crippen LogP) is 1.13. The number of benzene rings is 2. The zero-order valence-corrected chi connectivity index (χ0v) is 20.4. The van der Waals surface area contributed by atoms with Crippen LogP contribution in [0.1, 0.15) is 10.5 Å². The Balaban J connectivity index is 1.67. The summed E-state index contributed by atoms with van der Waals surface area (Å²) in [5.74, 6) is -1.18. The largest absolute Gasteiger partial charge is 0.494 e. The van der Waals surface area contributed by atoms with E-state index in [1.54, 1.807) is 25.2 Å². The first-order chi connectivity index (χ1) is 18.5. The summed E-state index contributed by atoms with van der Waals surface area (Å²) in [6.07, 6.45) is -2.03. The van der Waals surface area contributed by atoms with Crippen LogP contribution in [0.4, 0.5) is 32.1 Å². The summed E-state index contributed by atoms with van der Waals surface area (Å²) >= 11 is 0. The molecule has 0 aliphatic carbocycles. The van der Waals surface area contributed by atoms with Crippen LogP contribution in [-0.4, -0.2) is 65.4 Å². The van der Waals surface area contributed by atoms with Gasteiger partial charge in [-0.3, -0.25) is 20.1 Å². The van der Waals surface area contributed by atoms with Gasteiger partial charge in [-0.2, -0.15) is 5.10 Å². The second kappa shape index (κ2) is 11.1. The van der Waals surface area contributed by atoms with Crippen molar-refractivity contribution < 1.29 is 34.0 Å². The monoisotopic (exact) mass is 539 g/mol. The molecule has 2 aromatic carbocycles. The lowest BCUT2D eigenvalue weighted by Gasteiger charge is -2.18. The van der Waals surface area contributed by atoms with E-state index in [9.17, 15) is 29.3 Å². The van der Waals surface area contributed by atoms with Crippen LogP contribution in [-0.2, 0) is 7.05 Å². The number of urea groups is 1. The van der Waals surface area contributed by atoms with Gasteiger partial charge >= 0.3 is 12.1 Å². The molecule has 4 rings (SSSR count). The van der Waals surface area contributed by atoms with Gasteiger partial charge in [0, 0.05) is 18.8 Å². The van der Waals surface area contributed by atoms with Crippen molar-refractivity contribution >= 4 is 34.8 Å². The van der Waals surface area contributed by atoms with E-state index < -0.39 is 29.5 Å². The molecule has 7 N–H and O–H groups in total. The van der Waals surface area contributed by atoms with Crippen molar-refractivity contribution in [2.45, 2.75) is 6.10 Å². The Hall–Kier alpha value is -5.19. The van der Waals surface area contributed by atoms with E-state index in [2.05, 4.69) is 36.2 Å². The van der Waals surface area contributed by atoms with E-state index in [0.717, 1.165) is 12.1 Å². The second-order valence-electron chi connectivity index (χ2n) is 7.92. The van der Waals surface area contributed by atoms with Gasteiger partial charge in [0.1, 0.15) is 12.1 Å². The fourth-order valence-corrected chi connectivity index (χ4v) is 3.38. The first kappa shape index (κ1) is 26.9. The van der Waals surface area contributed by atoms with Crippen LogP contribution in [0.5, 0.6) is 5.75 Å². The van der Waals surface area contributed by atoms with Crippen LogP contribution in [0, 0.1) is 5.82 Å². The summed E-state index contributed by atoms with van der Waals surface area (Å²) in [5.41, 5.74) is 0.562. The van der Waals surface area contributed by atoms with Gasteiger partial charge in [-0.25, -0.2) is 14.2 Å². The number of carbonyl (C=O) groups is 2. The van der Waals surface area contributed by atoms with Gasteiger partial charge < -0.3 is 30.7 Å². The third kappa shape index (κ3) is 6.77. The van der Waals surface area contributed by atoms with Crippen LogP contribution in [0.15, 0.2) is 54.9 Å². The molecule has 0 aliphatic heterocycles. The van der Waals surface area contributed by atoms with E-state index >= 15 is 0 Å². The van der Waals surface area contributed by atoms with E-state index in [1.807, 2.05) is 0 Å². The minimum atomic E-state index is -3.54. The Kier molecular flexibility index (Phi) is 7.61. The number of rotatable bonds is 8. The van der Waals surface area contributed by atoms with Gasteiger partial charge in [0.2, 0.25) is 0 Å². The summed E-state index contributed by atoms with van der Waals surface area (Å²) < 4.78 is 20.2. The van der Waals surface area contributed by atoms with Crippen molar-refractivity contribution in [2.75, 3.05) is 23.1 Å². The van der Waals surface area contributed by atoms with Crippen molar-refractivity contribution in [3.63, 3.8) is 0 Å². The molecule has 0 fully saturated rings. The van der Waals surface area contributed by atoms with Crippen molar-refractivity contribution in [3.05, 3.63) is 66.4 Å². The molecule has 0 saturated heterocycles. The number of anilines is 4. The molecule has 2 aromatic heterocycles. The normalized spacial score (nSPS) is 11.0. The van der Waals surface area contributed by atoms with Gasteiger partial charge in [0.05, 0.1) is 24.0 Å². The van der Waals surface area contributed by atoms with Crippen LogP contribution in [0.3, 0.4) is 0 Å². The Bertz CT molecular complexity index is 1500. The third-order valence-corrected chi connectivity index (χ3v) is 4.96. The molecule has 0 radical (unpaired) electrons. The molecular weight excluding hydrogens is 517 g/mol. The number of hydrogen-bond acceptors (Lipinski definition) is 11. The summed E-state index contributed by atoms with van der Waals surface area (Å²) in [6.45, 7) is 0. The molecule has 0 aliphatic rings. The molecule has 0 unspecified atom stereocenters. The Morgan fingerprint density at radius 3 is 2.41 bits per heavy atom. The fourth-order valence-electron chi connectivity index (χ4n) is 3.38. The molecule has 0 bridgehead atoms. The number of halogens is 1. The lowest BCUT2D eigenvalue weighted by molar-refractivity contribution is -0.323. The van der Waals surface area contributed by atoms with E-state index in [1.165, 1.54) is 41.6 Å². The zero-order chi connectivity index (χ0) is 28.2. The molecular formula is C23H22FN9O6. The van der Waals surface area contributed by atoms with Crippen molar-refractivity contribution in [1.29, 1.82) is 0 Å². The van der Waals surface area contributed by atoms with Crippen LogP contribution < -0.4 is 26.0 Å².